The number of aromatic nitrogens is 2. The Labute approximate surface area is 114 Å². The SMILES string of the molecule is CON(C)C(=O)c1ccc(-n2ccnc2)c([N+](=O)[O-])c1. The standard InChI is InChI=1S/C12H12N4O4/c1-14(20-2)12(17)9-3-4-10(11(7-9)16(18)19)15-6-5-13-8-15/h3-8H,1-2H3. The van der Waals surface area contributed by atoms with Gasteiger partial charge in [0.05, 0.1) is 18.4 Å². The number of benzene rings is 1. The molecule has 20 heavy (non-hydrogen) atoms. The minimum atomic E-state index is -0.543. The zero-order valence-electron chi connectivity index (χ0n) is 10.9. The lowest BCUT2D eigenvalue weighted by Gasteiger charge is -2.14. The Morgan fingerprint density at radius 2 is 2.25 bits per heavy atom. The molecule has 0 spiro atoms. The van der Waals surface area contributed by atoms with Crippen LogP contribution in [0, 0.1) is 10.1 Å². The predicted octanol–water partition coefficient (Wildman–Crippen LogP) is 1.41. The van der Waals surface area contributed by atoms with Gasteiger partial charge in [-0.1, -0.05) is 0 Å². The van der Waals surface area contributed by atoms with Crippen LogP contribution in [0.5, 0.6) is 0 Å². The van der Waals surface area contributed by atoms with Crippen LogP contribution in [0.3, 0.4) is 0 Å². The van der Waals surface area contributed by atoms with Gasteiger partial charge in [-0.05, 0) is 12.1 Å². The van der Waals surface area contributed by atoms with Gasteiger partial charge in [0.1, 0.15) is 5.69 Å². The van der Waals surface area contributed by atoms with Crippen LogP contribution in [0.1, 0.15) is 10.4 Å². The Hall–Kier alpha value is -2.74. The van der Waals surface area contributed by atoms with Gasteiger partial charge in [-0.2, -0.15) is 0 Å². The molecule has 2 aromatic rings. The Balaban J connectivity index is 2.49. The first kappa shape index (κ1) is 13.7. The van der Waals surface area contributed by atoms with E-state index in [0.717, 1.165) is 5.06 Å². The van der Waals surface area contributed by atoms with Crippen molar-refractivity contribution in [3.05, 3.63) is 52.6 Å². The molecule has 0 saturated heterocycles. The summed E-state index contributed by atoms with van der Waals surface area (Å²) >= 11 is 0. The highest BCUT2D eigenvalue weighted by molar-refractivity contribution is 5.94. The molecule has 2 rings (SSSR count). The fourth-order valence-electron chi connectivity index (χ4n) is 1.69. The zero-order chi connectivity index (χ0) is 14.7. The second-order valence-electron chi connectivity index (χ2n) is 3.92. The van der Waals surface area contributed by atoms with E-state index in [9.17, 15) is 14.9 Å². The van der Waals surface area contributed by atoms with Crippen molar-refractivity contribution in [1.29, 1.82) is 0 Å². The average Bonchev–Trinajstić information content (AvgIpc) is 2.99. The van der Waals surface area contributed by atoms with E-state index in [1.54, 1.807) is 6.20 Å². The first-order valence-corrected chi connectivity index (χ1v) is 5.63. The van der Waals surface area contributed by atoms with Gasteiger partial charge in [-0.3, -0.25) is 19.7 Å². The third-order valence-corrected chi connectivity index (χ3v) is 2.76. The third-order valence-electron chi connectivity index (χ3n) is 2.76. The number of carbonyl (C=O) groups excluding carboxylic acids is 1. The number of carbonyl (C=O) groups is 1. The smallest absolute Gasteiger partial charge is 0.294 e. The quantitative estimate of drug-likeness (QED) is 0.622. The largest absolute Gasteiger partial charge is 0.300 e. The molecule has 0 aliphatic carbocycles. The fraction of sp³-hybridized carbons (Fsp3) is 0.167. The normalized spacial score (nSPS) is 10.3. The Bertz CT molecular complexity index is 639. The summed E-state index contributed by atoms with van der Waals surface area (Å²) in [5, 5.41) is 12.1. The van der Waals surface area contributed by atoms with Crippen LogP contribution in [0.25, 0.3) is 5.69 Å². The number of nitro benzene ring substituents is 1. The van der Waals surface area contributed by atoms with Crippen molar-refractivity contribution in [3.63, 3.8) is 0 Å². The first-order chi connectivity index (χ1) is 9.54. The summed E-state index contributed by atoms with van der Waals surface area (Å²) in [4.78, 5) is 31.1. The molecule has 0 aliphatic rings. The molecule has 0 unspecified atom stereocenters. The van der Waals surface area contributed by atoms with Crippen LogP contribution >= 0.6 is 0 Å². The Morgan fingerprint density at radius 3 is 2.80 bits per heavy atom. The number of hydrogen-bond acceptors (Lipinski definition) is 5. The predicted molar refractivity (Wildman–Crippen MR) is 69.3 cm³/mol. The molecule has 0 fully saturated rings. The van der Waals surface area contributed by atoms with Gasteiger partial charge in [-0.15, -0.1) is 0 Å². The zero-order valence-corrected chi connectivity index (χ0v) is 10.9. The Kier molecular flexibility index (Phi) is 3.76. The molecule has 1 heterocycles. The maximum absolute atomic E-state index is 11.9. The molecule has 1 aromatic heterocycles. The average molecular weight is 276 g/mol. The fourth-order valence-corrected chi connectivity index (χ4v) is 1.69. The molecule has 0 N–H and O–H groups in total. The molecule has 104 valence electrons. The summed E-state index contributed by atoms with van der Waals surface area (Å²) < 4.78 is 1.51. The van der Waals surface area contributed by atoms with Crippen molar-refractivity contribution in [2.45, 2.75) is 0 Å². The lowest BCUT2D eigenvalue weighted by Crippen LogP contribution is -2.25. The van der Waals surface area contributed by atoms with Crippen molar-refractivity contribution in [2.24, 2.45) is 0 Å². The van der Waals surface area contributed by atoms with Gasteiger partial charge in [0.2, 0.25) is 0 Å². The first-order valence-electron chi connectivity index (χ1n) is 5.63. The van der Waals surface area contributed by atoms with E-state index in [0.29, 0.717) is 5.69 Å². The van der Waals surface area contributed by atoms with Crippen LogP contribution in [0.15, 0.2) is 36.9 Å². The van der Waals surface area contributed by atoms with E-state index in [-0.39, 0.29) is 11.3 Å². The summed E-state index contributed by atoms with van der Waals surface area (Å²) in [5.41, 5.74) is 0.326. The summed E-state index contributed by atoms with van der Waals surface area (Å²) in [5.74, 6) is -0.465. The molecule has 0 saturated carbocycles. The number of imidazole rings is 1. The van der Waals surface area contributed by atoms with Crippen LogP contribution < -0.4 is 0 Å². The van der Waals surface area contributed by atoms with Gasteiger partial charge >= 0.3 is 0 Å². The molecule has 8 nitrogen and oxygen atoms in total. The minimum absolute atomic E-state index is 0.171. The minimum Gasteiger partial charge on any atom is -0.300 e. The van der Waals surface area contributed by atoms with Crippen molar-refractivity contribution < 1.29 is 14.6 Å². The second kappa shape index (κ2) is 5.49. The van der Waals surface area contributed by atoms with Gasteiger partial charge in [0.15, 0.2) is 0 Å². The van der Waals surface area contributed by atoms with Gasteiger partial charge in [0.25, 0.3) is 11.6 Å². The summed E-state index contributed by atoms with van der Waals surface area (Å²) in [6, 6.07) is 4.21. The molecule has 1 aromatic carbocycles. The van der Waals surface area contributed by atoms with Crippen LogP contribution in [0.2, 0.25) is 0 Å². The number of hydrogen-bond donors (Lipinski definition) is 0. The van der Waals surface area contributed by atoms with Crippen LogP contribution in [0.4, 0.5) is 5.69 Å². The molecular weight excluding hydrogens is 264 g/mol. The summed E-state index contributed by atoms with van der Waals surface area (Å²) in [6.45, 7) is 0. The second-order valence-corrected chi connectivity index (χ2v) is 3.92. The molecule has 0 bridgehead atoms. The Morgan fingerprint density at radius 1 is 1.50 bits per heavy atom. The van der Waals surface area contributed by atoms with E-state index in [1.807, 2.05) is 0 Å². The third kappa shape index (κ3) is 2.50. The molecule has 1 amide bonds. The lowest BCUT2D eigenvalue weighted by molar-refractivity contribution is -0.384. The highest BCUT2D eigenvalue weighted by Crippen LogP contribution is 2.24. The molecule has 0 aliphatic heterocycles. The number of nitro groups is 1. The van der Waals surface area contributed by atoms with Crippen molar-refractivity contribution in [2.75, 3.05) is 14.2 Å². The van der Waals surface area contributed by atoms with Gasteiger partial charge < -0.3 is 4.57 Å². The maximum Gasteiger partial charge on any atom is 0.294 e. The number of nitrogens with zero attached hydrogens (tertiary/aromatic N) is 4. The summed E-state index contributed by atoms with van der Waals surface area (Å²) in [7, 11) is 2.77. The van der Waals surface area contributed by atoms with Gasteiger partial charge in [-0.25, -0.2) is 10.0 Å². The highest BCUT2D eigenvalue weighted by Gasteiger charge is 2.20. The monoisotopic (exact) mass is 276 g/mol. The molecular formula is C12H12N4O4. The molecule has 0 radical (unpaired) electrons. The van der Waals surface area contributed by atoms with Crippen molar-refractivity contribution >= 4 is 11.6 Å². The number of amides is 1. The number of hydroxylamine groups is 2. The van der Waals surface area contributed by atoms with E-state index < -0.39 is 10.8 Å². The van der Waals surface area contributed by atoms with Crippen molar-refractivity contribution in [3.8, 4) is 5.69 Å². The lowest BCUT2D eigenvalue weighted by atomic mass is 10.1. The van der Waals surface area contributed by atoms with Crippen LogP contribution in [-0.4, -0.2) is 39.6 Å². The molecule has 0 atom stereocenters. The van der Waals surface area contributed by atoms with E-state index in [2.05, 4.69) is 4.98 Å². The van der Waals surface area contributed by atoms with Gasteiger partial charge in [0, 0.05) is 31.1 Å². The highest BCUT2D eigenvalue weighted by atomic mass is 16.7. The number of rotatable bonds is 4. The van der Waals surface area contributed by atoms with E-state index in [4.69, 9.17) is 4.84 Å². The topological polar surface area (TPSA) is 90.5 Å². The van der Waals surface area contributed by atoms with E-state index >= 15 is 0 Å². The summed E-state index contributed by atoms with van der Waals surface area (Å²) in [6.07, 6.45) is 4.55. The van der Waals surface area contributed by atoms with Crippen molar-refractivity contribution in [1.82, 2.24) is 14.6 Å². The van der Waals surface area contributed by atoms with Crippen LogP contribution in [-0.2, 0) is 4.84 Å². The maximum atomic E-state index is 11.9. The van der Waals surface area contributed by atoms with E-state index in [1.165, 1.54) is 49.4 Å². The molecule has 8 heteroatoms.